The highest BCUT2D eigenvalue weighted by Crippen LogP contribution is 2.28. The van der Waals surface area contributed by atoms with Crippen molar-refractivity contribution < 1.29 is 24.2 Å². The Labute approximate surface area is 142 Å². The summed E-state index contributed by atoms with van der Waals surface area (Å²) >= 11 is 0. The van der Waals surface area contributed by atoms with Crippen LogP contribution in [0.5, 0.6) is 11.5 Å². The van der Waals surface area contributed by atoms with Crippen molar-refractivity contribution in [3.63, 3.8) is 0 Å². The third kappa shape index (κ3) is 6.32. The molecule has 24 heavy (non-hydrogen) atoms. The largest absolute Gasteiger partial charge is 0.493 e. The van der Waals surface area contributed by atoms with E-state index in [9.17, 15) is 9.59 Å². The van der Waals surface area contributed by atoms with E-state index in [4.69, 9.17) is 14.6 Å². The molecule has 0 saturated heterocycles. The molecule has 0 bridgehead atoms. The van der Waals surface area contributed by atoms with Crippen LogP contribution in [-0.4, -0.2) is 36.7 Å². The average Bonchev–Trinajstić information content (AvgIpc) is 2.52. The maximum Gasteiger partial charge on any atom is 0.326 e. The molecule has 0 radical (unpaired) electrons. The Morgan fingerprint density at radius 3 is 2.54 bits per heavy atom. The van der Waals surface area contributed by atoms with Crippen molar-refractivity contribution in [1.29, 1.82) is 0 Å². The van der Waals surface area contributed by atoms with Gasteiger partial charge in [-0.25, -0.2) is 4.79 Å². The molecule has 132 valence electrons. The highest BCUT2D eigenvalue weighted by Gasteiger charge is 2.21. The Morgan fingerprint density at radius 2 is 2.00 bits per heavy atom. The summed E-state index contributed by atoms with van der Waals surface area (Å²) in [5, 5.41) is 11.6. The van der Waals surface area contributed by atoms with Crippen molar-refractivity contribution in [2.24, 2.45) is 5.92 Å². The number of carbonyl (C=O) groups excluding carboxylic acids is 1. The van der Waals surface area contributed by atoms with E-state index in [2.05, 4.69) is 5.32 Å². The van der Waals surface area contributed by atoms with Crippen LogP contribution in [0, 0.1) is 5.92 Å². The van der Waals surface area contributed by atoms with Gasteiger partial charge in [0.15, 0.2) is 18.1 Å². The van der Waals surface area contributed by atoms with E-state index in [-0.39, 0.29) is 12.5 Å². The molecule has 0 saturated carbocycles. The number of hydrogen-bond acceptors (Lipinski definition) is 4. The molecule has 0 spiro atoms. The van der Waals surface area contributed by atoms with Gasteiger partial charge in [-0.15, -0.1) is 0 Å². The van der Waals surface area contributed by atoms with Gasteiger partial charge < -0.3 is 19.9 Å². The summed E-state index contributed by atoms with van der Waals surface area (Å²) in [4.78, 5) is 23.1. The molecule has 0 heterocycles. The number of aliphatic carboxylic acids is 1. The van der Waals surface area contributed by atoms with Crippen LogP contribution in [0.4, 0.5) is 0 Å². The first kappa shape index (κ1) is 19.5. The lowest BCUT2D eigenvalue weighted by atomic mass is 10.0. The molecule has 2 N–H and O–H groups in total. The maximum atomic E-state index is 11.9. The summed E-state index contributed by atoms with van der Waals surface area (Å²) in [7, 11) is 1.52. The highest BCUT2D eigenvalue weighted by atomic mass is 16.5. The highest BCUT2D eigenvalue weighted by molar-refractivity contribution is 5.84. The second-order valence-electron chi connectivity index (χ2n) is 5.79. The number of carboxylic acids is 1. The van der Waals surface area contributed by atoms with Crippen LogP contribution >= 0.6 is 0 Å². The van der Waals surface area contributed by atoms with Crippen LogP contribution in [-0.2, 0) is 9.59 Å². The molecule has 0 aromatic heterocycles. The summed E-state index contributed by atoms with van der Waals surface area (Å²) in [5.41, 5.74) is 0.953. The first-order chi connectivity index (χ1) is 11.4. The van der Waals surface area contributed by atoms with Crippen LogP contribution in [0.25, 0.3) is 6.08 Å². The van der Waals surface area contributed by atoms with Crippen LogP contribution in [0.3, 0.4) is 0 Å². The van der Waals surface area contributed by atoms with Crippen molar-refractivity contribution in [1.82, 2.24) is 5.32 Å². The van der Waals surface area contributed by atoms with Gasteiger partial charge in [0.05, 0.1) is 7.11 Å². The zero-order valence-corrected chi connectivity index (χ0v) is 14.5. The van der Waals surface area contributed by atoms with Gasteiger partial charge in [-0.1, -0.05) is 32.1 Å². The monoisotopic (exact) mass is 335 g/mol. The molecule has 0 unspecified atom stereocenters. The Kier molecular flexibility index (Phi) is 7.82. The fourth-order valence-corrected chi connectivity index (χ4v) is 2.17. The van der Waals surface area contributed by atoms with E-state index in [0.717, 1.165) is 5.56 Å². The van der Waals surface area contributed by atoms with Crippen molar-refractivity contribution >= 4 is 18.0 Å². The van der Waals surface area contributed by atoms with Gasteiger partial charge in [-0.3, -0.25) is 4.79 Å². The first-order valence-electron chi connectivity index (χ1n) is 7.83. The average molecular weight is 335 g/mol. The molecule has 6 heteroatoms. The third-order valence-corrected chi connectivity index (χ3v) is 3.25. The van der Waals surface area contributed by atoms with Crippen molar-refractivity contribution in [3.8, 4) is 11.5 Å². The summed E-state index contributed by atoms with van der Waals surface area (Å²) < 4.78 is 10.7. The van der Waals surface area contributed by atoms with Gasteiger partial charge in [-0.2, -0.15) is 0 Å². The normalized spacial score (nSPS) is 12.2. The molecule has 0 aliphatic heterocycles. The number of allylic oxidation sites excluding steroid dienone is 1. The predicted octanol–water partition coefficient (Wildman–Crippen LogP) is 2.72. The lowest BCUT2D eigenvalue weighted by Gasteiger charge is -2.17. The number of methoxy groups -OCH3 is 1. The molecule has 1 aromatic rings. The number of ether oxygens (including phenoxy) is 2. The third-order valence-electron chi connectivity index (χ3n) is 3.25. The number of nitrogens with one attached hydrogen (secondary N) is 1. The summed E-state index contributed by atoms with van der Waals surface area (Å²) in [6, 6.07) is 4.44. The van der Waals surface area contributed by atoms with E-state index in [1.807, 2.05) is 39.0 Å². The number of carbonyl (C=O) groups is 2. The van der Waals surface area contributed by atoms with E-state index < -0.39 is 17.9 Å². The fourth-order valence-electron chi connectivity index (χ4n) is 2.17. The number of benzene rings is 1. The van der Waals surface area contributed by atoms with E-state index in [0.29, 0.717) is 17.9 Å². The van der Waals surface area contributed by atoms with Crippen LogP contribution in [0.15, 0.2) is 24.3 Å². The number of amides is 1. The molecule has 0 aliphatic carbocycles. The summed E-state index contributed by atoms with van der Waals surface area (Å²) in [6.07, 6.45) is 4.19. The van der Waals surface area contributed by atoms with E-state index in [1.165, 1.54) is 7.11 Å². The molecule has 1 aromatic carbocycles. The lowest BCUT2D eigenvalue weighted by molar-refractivity contribution is -0.142. The van der Waals surface area contributed by atoms with Crippen molar-refractivity contribution in [2.45, 2.75) is 33.2 Å². The molecular formula is C18H25NO5. The van der Waals surface area contributed by atoms with Crippen LogP contribution in [0.1, 0.15) is 32.8 Å². The van der Waals surface area contributed by atoms with E-state index in [1.54, 1.807) is 12.1 Å². The molecule has 0 fully saturated rings. The second kappa shape index (κ2) is 9.60. The minimum atomic E-state index is -1.05. The second-order valence-corrected chi connectivity index (χ2v) is 5.79. The Hall–Kier alpha value is -2.50. The fraction of sp³-hybridized carbons (Fsp3) is 0.444. The zero-order chi connectivity index (χ0) is 18.1. The van der Waals surface area contributed by atoms with E-state index >= 15 is 0 Å². The standard InChI is InChI=1S/C18H25NO5/c1-5-6-13-7-8-15(16(10-13)23-4)24-11-17(20)19-14(18(21)22)9-12(2)3/h5-8,10,12,14H,9,11H2,1-4H3,(H,19,20)(H,21,22)/b6-5+/t14-/m0/s1. The topological polar surface area (TPSA) is 84.9 Å². The van der Waals surface area contributed by atoms with Crippen molar-refractivity contribution in [2.75, 3.05) is 13.7 Å². The van der Waals surface area contributed by atoms with Crippen LogP contribution in [0.2, 0.25) is 0 Å². The quantitative estimate of drug-likeness (QED) is 0.725. The minimum absolute atomic E-state index is 0.159. The molecule has 1 atom stereocenters. The van der Waals surface area contributed by atoms with Gasteiger partial charge in [0.1, 0.15) is 6.04 Å². The minimum Gasteiger partial charge on any atom is -0.493 e. The number of hydrogen-bond donors (Lipinski definition) is 2. The van der Waals surface area contributed by atoms with Crippen LogP contribution < -0.4 is 14.8 Å². The maximum absolute atomic E-state index is 11.9. The molecule has 6 nitrogen and oxygen atoms in total. The SMILES string of the molecule is C/C=C/c1ccc(OCC(=O)N[C@@H](CC(C)C)C(=O)O)c(OC)c1. The smallest absolute Gasteiger partial charge is 0.326 e. The Morgan fingerprint density at radius 1 is 1.29 bits per heavy atom. The molecular weight excluding hydrogens is 310 g/mol. The number of carboxylic acid groups (broad SMARTS) is 1. The molecule has 0 aliphatic rings. The first-order valence-corrected chi connectivity index (χ1v) is 7.83. The number of rotatable bonds is 9. The molecule has 1 amide bonds. The van der Waals surface area contributed by atoms with Gasteiger partial charge in [0.25, 0.3) is 5.91 Å². The zero-order valence-electron chi connectivity index (χ0n) is 14.5. The summed E-state index contributed by atoms with van der Waals surface area (Å²) in [5.74, 6) is -0.438. The molecule has 1 rings (SSSR count). The van der Waals surface area contributed by atoms with Gasteiger partial charge in [0.2, 0.25) is 0 Å². The lowest BCUT2D eigenvalue weighted by Crippen LogP contribution is -2.43. The van der Waals surface area contributed by atoms with Gasteiger partial charge >= 0.3 is 5.97 Å². The Balaban J connectivity index is 2.67. The Bertz CT molecular complexity index is 595. The predicted molar refractivity (Wildman–Crippen MR) is 92.2 cm³/mol. The summed E-state index contributed by atoms with van der Waals surface area (Å²) in [6.45, 7) is 5.43. The van der Waals surface area contributed by atoms with Gasteiger partial charge in [0, 0.05) is 0 Å². The van der Waals surface area contributed by atoms with Gasteiger partial charge in [-0.05, 0) is 37.0 Å². The van der Waals surface area contributed by atoms with Crippen molar-refractivity contribution in [3.05, 3.63) is 29.8 Å².